The van der Waals surface area contributed by atoms with Crippen LogP contribution in [0.2, 0.25) is 0 Å². The van der Waals surface area contributed by atoms with Gasteiger partial charge in [-0.05, 0) is 131 Å². The lowest BCUT2D eigenvalue weighted by Gasteiger charge is -2.36. The molecule has 242 valence electrons. The van der Waals surface area contributed by atoms with E-state index < -0.39 is 5.41 Å². The largest absolute Gasteiger partial charge is 0.491 e. The Hall–Kier alpha value is -4.61. The van der Waals surface area contributed by atoms with Gasteiger partial charge in [-0.3, -0.25) is 4.79 Å². The van der Waals surface area contributed by atoms with Crippen LogP contribution in [-0.4, -0.2) is 39.5 Å². The van der Waals surface area contributed by atoms with Gasteiger partial charge in [0.2, 0.25) is 0 Å². The molecule has 0 aromatic heterocycles. The molecule has 0 heterocycles. The normalized spacial score (nSPS) is 15.0. The molecule has 1 aliphatic rings. The maximum absolute atomic E-state index is 11.3. The van der Waals surface area contributed by atoms with Crippen LogP contribution < -0.4 is 9.47 Å². The third kappa shape index (κ3) is 5.67. The van der Waals surface area contributed by atoms with Crippen molar-refractivity contribution in [2.75, 3.05) is 33.5 Å². The molecule has 0 amide bonds. The molecule has 0 fully saturated rings. The maximum atomic E-state index is 11.3. The van der Waals surface area contributed by atoms with Crippen molar-refractivity contribution in [3.05, 3.63) is 128 Å². The van der Waals surface area contributed by atoms with Crippen LogP contribution in [0.25, 0.3) is 21.9 Å². The summed E-state index contributed by atoms with van der Waals surface area (Å²) >= 11 is 0. The molecule has 1 atom stereocenters. The predicted molar refractivity (Wildman–Crippen MR) is 189 cm³/mol. The summed E-state index contributed by atoms with van der Waals surface area (Å²) in [6, 6.07) is 27.4. The second-order valence-electron chi connectivity index (χ2n) is 12.9. The van der Waals surface area contributed by atoms with Gasteiger partial charge in [0.25, 0.3) is 0 Å². The van der Waals surface area contributed by atoms with E-state index in [1.165, 1.54) is 62.2 Å². The molecule has 47 heavy (non-hydrogen) atoms. The molecule has 5 aromatic carbocycles. The van der Waals surface area contributed by atoms with E-state index in [1.54, 1.807) is 7.11 Å². The van der Waals surface area contributed by atoms with Gasteiger partial charge in [0.1, 0.15) is 31.3 Å². The first kappa shape index (κ1) is 32.3. The number of carbonyl (C=O) groups is 1. The number of aryl methyl sites for hydroxylation is 6. The van der Waals surface area contributed by atoms with E-state index in [0.717, 1.165) is 33.8 Å². The van der Waals surface area contributed by atoms with Crippen molar-refractivity contribution in [2.24, 2.45) is 0 Å². The molecule has 5 heteroatoms. The van der Waals surface area contributed by atoms with Crippen molar-refractivity contribution in [3.8, 4) is 22.6 Å². The molecule has 5 aromatic rings. The summed E-state index contributed by atoms with van der Waals surface area (Å²) in [7, 11) is 1.69. The minimum absolute atomic E-state index is 0.212. The smallest absolute Gasteiger partial charge is 0.302 e. The number of benzene rings is 5. The summed E-state index contributed by atoms with van der Waals surface area (Å²) in [6.07, 6.45) is 0. The Bertz CT molecular complexity index is 1960. The molecule has 0 aliphatic heterocycles. The van der Waals surface area contributed by atoms with E-state index >= 15 is 0 Å². The fraction of sp³-hybridized carbons (Fsp3) is 0.310. The molecule has 0 bridgehead atoms. The second kappa shape index (κ2) is 12.9. The number of hydrogen-bond donors (Lipinski definition) is 0. The van der Waals surface area contributed by atoms with Gasteiger partial charge >= 0.3 is 5.97 Å². The van der Waals surface area contributed by atoms with Crippen molar-refractivity contribution in [1.29, 1.82) is 0 Å². The topological polar surface area (TPSA) is 54.0 Å². The molecule has 0 radical (unpaired) electrons. The zero-order valence-corrected chi connectivity index (χ0v) is 28.8. The van der Waals surface area contributed by atoms with Crippen molar-refractivity contribution >= 4 is 16.7 Å². The number of fused-ring (bicyclic) bond motifs is 4. The van der Waals surface area contributed by atoms with Crippen molar-refractivity contribution in [2.45, 2.75) is 53.9 Å². The summed E-state index contributed by atoms with van der Waals surface area (Å²) in [4.78, 5) is 11.3. The first-order chi connectivity index (χ1) is 22.6. The summed E-state index contributed by atoms with van der Waals surface area (Å²) in [5.74, 6) is 1.42. The molecule has 6 rings (SSSR count). The van der Waals surface area contributed by atoms with E-state index in [2.05, 4.69) is 114 Å². The van der Waals surface area contributed by atoms with Gasteiger partial charge in [-0.2, -0.15) is 0 Å². The number of rotatable bonds is 10. The molecule has 0 N–H and O–H groups in total. The molecule has 1 unspecified atom stereocenters. The van der Waals surface area contributed by atoms with Gasteiger partial charge in [0.15, 0.2) is 0 Å². The highest BCUT2D eigenvalue weighted by molar-refractivity contribution is 5.96. The molecule has 1 aliphatic carbocycles. The zero-order chi connectivity index (χ0) is 33.5. The molecule has 5 nitrogen and oxygen atoms in total. The standard InChI is InChI=1S/C42H44O5/c1-25-21-36-37-23-32-11-9-10-12-33(32)24-39(37)42(38(36)22-26(25)2,34-17-27(3)40(28(4)18-34)46-14-13-44-8)35-19-29(5)41(30(6)20-35)47-16-15-45-31(7)43/h9-12,17-24H,13-16H2,1-8H3. The fourth-order valence-electron chi connectivity index (χ4n) is 7.40. The van der Waals surface area contributed by atoms with Gasteiger partial charge in [0.05, 0.1) is 12.0 Å². The molecular formula is C42H44O5. The van der Waals surface area contributed by atoms with Crippen molar-refractivity contribution in [1.82, 2.24) is 0 Å². The van der Waals surface area contributed by atoms with E-state index in [0.29, 0.717) is 19.8 Å². The summed E-state index contributed by atoms with van der Waals surface area (Å²) in [6.45, 7) is 15.8. The van der Waals surface area contributed by atoms with E-state index in [-0.39, 0.29) is 12.6 Å². The van der Waals surface area contributed by atoms with Crippen LogP contribution >= 0.6 is 0 Å². The number of ether oxygens (including phenoxy) is 4. The number of esters is 1. The van der Waals surface area contributed by atoms with Crippen LogP contribution in [0.1, 0.15) is 62.6 Å². The van der Waals surface area contributed by atoms with Crippen LogP contribution in [0, 0.1) is 41.5 Å². The van der Waals surface area contributed by atoms with Crippen LogP contribution in [-0.2, 0) is 19.7 Å². The minimum Gasteiger partial charge on any atom is -0.491 e. The van der Waals surface area contributed by atoms with Gasteiger partial charge < -0.3 is 18.9 Å². The average molecular weight is 629 g/mol. The maximum Gasteiger partial charge on any atom is 0.302 e. The summed E-state index contributed by atoms with van der Waals surface area (Å²) in [5.41, 5.74) is 13.7. The molecule has 0 saturated heterocycles. The van der Waals surface area contributed by atoms with Crippen LogP contribution in [0.15, 0.2) is 72.8 Å². The Balaban J connectivity index is 1.65. The highest BCUT2D eigenvalue weighted by atomic mass is 16.6. The van der Waals surface area contributed by atoms with E-state index in [4.69, 9.17) is 18.9 Å². The van der Waals surface area contributed by atoms with Gasteiger partial charge in [0, 0.05) is 14.0 Å². The SMILES string of the molecule is COCCOc1c(C)cc(C2(c3cc(C)c(OCCOC(C)=O)c(C)c3)c3cc(C)c(C)cc3-c3cc4ccccc4cc32)cc1C. The van der Waals surface area contributed by atoms with Gasteiger partial charge in [-0.15, -0.1) is 0 Å². The second-order valence-corrected chi connectivity index (χ2v) is 12.9. The highest BCUT2D eigenvalue weighted by Crippen LogP contribution is 2.58. The lowest BCUT2D eigenvalue weighted by molar-refractivity contribution is -0.141. The lowest BCUT2D eigenvalue weighted by atomic mass is 9.66. The van der Waals surface area contributed by atoms with E-state index in [9.17, 15) is 4.79 Å². The third-order valence-corrected chi connectivity index (χ3v) is 9.57. The third-order valence-electron chi connectivity index (χ3n) is 9.57. The van der Waals surface area contributed by atoms with Crippen LogP contribution in [0.4, 0.5) is 0 Å². The minimum atomic E-state index is -0.598. The van der Waals surface area contributed by atoms with Crippen molar-refractivity contribution in [3.63, 3.8) is 0 Å². The predicted octanol–water partition coefficient (Wildman–Crippen LogP) is 9.02. The summed E-state index contributed by atoms with van der Waals surface area (Å²) < 4.78 is 22.9. The summed E-state index contributed by atoms with van der Waals surface area (Å²) in [5, 5.41) is 2.44. The van der Waals surface area contributed by atoms with Gasteiger partial charge in [-0.1, -0.05) is 60.7 Å². The molecule has 0 spiro atoms. The Kier molecular flexibility index (Phi) is 8.86. The van der Waals surface area contributed by atoms with Gasteiger partial charge in [-0.25, -0.2) is 0 Å². The van der Waals surface area contributed by atoms with Crippen LogP contribution in [0.3, 0.4) is 0 Å². The Morgan fingerprint density at radius 3 is 1.57 bits per heavy atom. The number of hydrogen-bond acceptors (Lipinski definition) is 5. The molecular weight excluding hydrogens is 584 g/mol. The lowest BCUT2D eigenvalue weighted by Crippen LogP contribution is -2.29. The van der Waals surface area contributed by atoms with Crippen LogP contribution in [0.5, 0.6) is 11.5 Å². The Labute approximate surface area is 278 Å². The van der Waals surface area contributed by atoms with Crippen molar-refractivity contribution < 1.29 is 23.7 Å². The zero-order valence-electron chi connectivity index (χ0n) is 28.8. The Morgan fingerprint density at radius 1 is 0.574 bits per heavy atom. The Morgan fingerprint density at radius 2 is 1.04 bits per heavy atom. The number of carbonyl (C=O) groups excluding carboxylic acids is 1. The first-order valence-corrected chi connectivity index (χ1v) is 16.3. The fourth-order valence-corrected chi connectivity index (χ4v) is 7.40. The average Bonchev–Trinajstić information content (AvgIpc) is 3.29. The van der Waals surface area contributed by atoms with E-state index in [1.807, 2.05) is 0 Å². The quantitative estimate of drug-likeness (QED) is 0.112. The monoisotopic (exact) mass is 628 g/mol. The highest BCUT2D eigenvalue weighted by Gasteiger charge is 2.47. The first-order valence-electron chi connectivity index (χ1n) is 16.3. The molecule has 0 saturated carbocycles. The number of methoxy groups -OCH3 is 1.